The smallest absolute Gasteiger partial charge is 0.0549 e. The van der Waals surface area contributed by atoms with Crippen molar-refractivity contribution in [2.75, 3.05) is 0 Å². The van der Waals surface area contributed by atoms with Gasteiger partial charge in [0.25, 0.3) is 0 Å². The number of rotatable bonds is 4. The van der Waals surface area contributed by atoms with E-state index in [-0.39, 0.29) is 0 Å². The molecule has 52 heavy (non-hydrogen) atoms. The van der Waals surface area contributed by atoms with E-state index in [1.807, 2.05) is 0 Å². The summed E-state index contributed by atoms with van der Waals surface area (Å²) in [6.07, 6.45) is 0. The average Bonchev–Trinajstić information content (AvgIpc) is 3.72. The second kappa shape index (κ2) is 11.3. The molecule has 2 heteroatoms. The Labute approximate surface area is 301 Å². The third-order valence-electron chi connectivity index (χ3n) is 10.9. The fourth-order valence-electron chi connectivity index (χ4n) is 8.56. The molecule has 11 rings (SSSR count). The van der Waals surface area contributed by atoms with Gasteiger partial charge in [0.1, 0.15) is 0 Å². The van der Waals surface area contributed by atoms with Gasteiger partial charge in [-0.3, -0.25) is 0 Å². The van der Waals surface area contributed by atoms with Crippen molar-refractivity contribution in [2.45, 2.75) is 0 Å². The van der Waals surface area contributed by atoms with Gasteiger partial charge in [-0.05, 0) is 69.4 Å². The summed E-state index contributed by atoms with van der Waals surface area (Å²) in [5, 5.41) is 9.98. The molecule has 11 aromatic rings. The second-order valence-corrected chi connectivity index (χ2v) is 13.7. The summed E-state index contributed by atoms with van der Waals surface area (Å²) in [6, 6.07) is 71.0. The van der Waals surface area contributed by atoms with Crippen molar-refractivity contribution in [3.63, 3.8) is 0 Å². The van der Waals surface area contributed by atoms with E-state index in [1.54, 1.807) is 0 Å². The lowest BCUT2D eigenvalue weighted by molar-refractivity contribution is 1.19. The van der Waals surface area contributed by atoms with Crippen LogP contribution < -0.4 is 0 Å². The molecule has 9 aromatic carbocycles. The molecule has 0 bridgehead atoms. The van der Waals surface area contributed by atoms with Crippen molar-refractivity contribution in [3.8, 4) is 33.6 Å². The first-order chi connectivity index (χ1) is 25.8. The summed E-state index contributed by atoms with van der Waals surface area (Å²) in [5.41, 5.74) is 12.0. The summed E-state index contributed by atoms with van der Waals surface area (Å²) in [7, 11) is 0. The maximum Gasteiger partial charge on any atom is 0.0549 e. The van der Waals surface area contributed by atoms with Crippen LogP contribution in [-0.4, -0.2) is 9.13 Å². The minimum Gasteiger partial charge on any atom is -0.309 e. The molecule has 0 atom stereocenters. The summed E-state index contributed by atoms with van der Waals surface area (Å²) in [6.45, 7) is 0. The molecule has 0 unspecified atom stereocenters. The van der Waals surface area contributed by atoms with Gasteiger partial charge < -0.3 is 9.13 Å². The number of nitrogens with zero attached hydrogens (tertiary/aromatic N) is 2. The number of fused-ring (bicyclic) bond motifs is 9. The van der Waals surface area contributed by atoms with Crippen molar-refractivity contribution >= 4 is 65.2 Å². The molecule has 0 saturated carbocycles. The summed E-state index contributed by atoms with van der Waals surface area (Å²) in [5.74, 6) is 0. The fourth-order valence-corrected chi connectivity index (χ4v) is 8.56. The Bertz CT molecular complexity index is 2940. The van der Waals surface area contributed by atoms with Crippen LogP contribution in [0.15, 0.2) is 194 Å². The molecule has 0 N–H and O–H groups in total. The molecule has 2 aromatic heterocycles. The van der Waals surface area contributed by atoms with Gasteiger partial charge in [-0.15, -0.1) is 0 Å². The van der Waals surface area contributed by atoms with Crippen molar-refractivity contribution in [1.82, 2.24) is 9.13 Å². The summed E-state index contributed by atoms with van der Waals surface area (Å²) in [4.78, 5) is 0. The van der Waals surface area contributed by atoms with Crippen LogP contribution in [0, 0.1) is 0 Å². The highest BCUT2D eigenvalue weighted by molar-refractivity contribution is 6.29. The molecule has 0 aliphatic heterocycles. The van der Waals surface area contributed by atoms with E-state index in [9.17, 15) is 0 Å². The lowest BCUT2D eigenvalue weighted by atomic mass is 10.0. The topological polar surface area (TPSA) is 9.86 Å². The zero-order valence-electron chi connectivity index (χ0n) is 28.4. The van der Waals surface area contributed by atoms with Gasteiger partial charge in [0.2, 0.25) is 0 Å². The van der Waals surface area contributed by atoms with E-state index in [0.717, 1.165) is 0 Å². The highest BCUT2D eigenvalue weighted by Crippen LogP contribution is 2.45. The summed E-state index contributed by atoms with van der Waals surface area (Å²) < 4.78 is 5.00. The van der Waals surface area contributed by atoms with Gasteiger partial charge in [0.15, 0.2) is 0 Å². The predicted octanol–water partition coefficient (Wildman–Crippen LogP) is 13.5. The first kappa shape index (κ1) is 28.9. The molecule has 242 valence electrons. The minimum atomic E-state index is 1.19. The SMILES string of the molecule is c1ccc(-c2ccc3c4c5c6ccc(-c7ccccc7)cc6n(-c6cccc7ccccc67)c5ccc4n(-c4cccc5ccccc45)c3c2)cc1. The molecule has 0 fully saturated rings. The van der Waals surface area contributed by atoms with Crippen LogP contribution in [0.4, 0.5) is 0 Å². The van der Waals surface area contributed by atoms with Crippen LogP contribution in [0.2, 0.25) is 0 Å². The lowest BCUT2D eigenvalue weighted by Gasteiger charge is -2.13. The van der Waals surface area contributed by atoms with Crippen LogP contribution in [0.1, 0.15) is 0 Å². The molecule has 0 amide bonds. The fraction of sp³-hybridized carbons (Fsp3) is 0. The molecular weight excluding hydrogens is 629 g/mol. The van der Waals surface area contributed by atoms with Crippen molar-refractivity contribution < 1.29 is 0 Å². The van der Waals surface area contributed by atoms with E-state index in [1.165, 1.54) is 98.8 Å². The van der Waals surface area contributed by atoms with Crippen LogP contribution in [-0.2, 0) is 0 Å². The van der Waals surface area contributed by atoms with Crippen molar-refractivity contribution in [1.29, 1.82) is 0 Å². The number of hydrogen-bond acceptors (Lipinski definition) is 0. The Morgan fingerprint density at radius 3 is 1.12 bits per heavy atom. The van der Waals surface area contributed by atoms with E-state index < -0.39 is 0 Å². The monoisotopic (exact) mass is 660 g/mol. The van der Waals surface area contributed by atoms with Crippen molar-refractivity contribution in [3.05, 3.63) is 194 Å². The Morgan fingerprint density at radius 2 is 0.654 bits per heavy atom. The van der Waals surface area contributed by atoms with Gasteiger partial charge >= 0.3 is 0 Å². The Hall–Kier alpha value is -6.90. The van der Waals surface area contributed by atoms with E-state index in [2.05, 4.69) is 203 Å². The number of hydrogen-bond donors (Lipinski definition) is 0. The maximum absolute atomic E-state index is 2.50. The molecule has 0 aliphatic carbocycles. The Balaban J connectivity index is 1.32. The van der Waals surface area contributed by atoms with Crippen LogP contribution >= 0.6 is 0 Å². The van der Waals surface area contributed by atoms with Gasteiger partial charge in [-0.2, -0.15) is 0 Å². The van der Waals surface area contributed by atoms with Gasteiger partial charge in [-0.1, -0.05) is 158 Å². The molecule has 0 spiro atoms. The quantitative estimate of drug-likeness (QED) is 0.178. The van der Waals surface area contributed by atoms with E-state index >= 15 is 0 Å². The zero-order chi connectivity index (χ0) is 34.2. The van der Waals surface area contributed by atoms with Gasteiger partial charge in [0.05, 0.1) is 33.4 Å². The lowest BCUT2D eigenvalue weighted by Crippen LogP contribution is -1.96. The molecule has 0 radical (unpaired) electrons. The molecule has 2 heterocycles. The van der Waals surface area contributed by atoms with E-state index in [4.69, 9.17) is 0 Å². The first-order valence-corrected chi connectivity index (χ1v) is 17.9. The molecule has 0 saturated heterocycles. The standard InChI is InChI=1S/C50H32N2/c1-3-13-33(14-4-1)37-25-27-41-47(31-37)51(43-23-11-19-35-17-7-9-21-39(35)43)45-29-30-46-50(49(41)45)42-28-26-38(34-15-5-2-6-16-34)32-48(42)52(46)44-24-12-20-36-18-8-10-22-40(36)44/h1-32H. The highest BCUT2D eigenvalue weighted by Gasteiger charge is 2.22. The van der Waals surface area contributed by atoms with Crippen LogP contribution in [0.5, 0.6) is 0 Å². The highest BCUT2D eigenvalue weighted by atomic mass is 15.0. The third-order valence-corrected chi connectivity index (χ3v) is 10.9. The largest absolute Gasteiger partial charge is 0.309 e. The normalized spacial score (nSPS) is 11.8. The number of aromatic nitrogens is 2. The molecule has 2 nitrogen and oxygen atoms in total. The molecular formula is C50H32N2. The van der Waals surface area contributed by atoms with Crippen LogP contribution in [0.25, 0.3) is 98.8 Å². The minimum absolute atomic E-state index is 1.19. The Morgan fingerprint density at radius 1 is 0.250 bits per heavy atom. The Kier molecular flexibility index (Phi) is 6.28. The summed E-state index contributed by atoms with van der Waals surface area (Å²) >= 11 is 0. The van der Waals surface area contributed by atoms with Gasteiger partial charge in [-0.25, -0.2) is 0 Å². The average molecular weight is 661 g/mol. The zero-order valence-corrected chi connectivity index (χ0v) is 28.4. The predicted molar refractivity (Wildman–Crippen MR) is 221 cm³/mol. The van der Waals surface area contributed by atoms with Gasteiger partial charge in [0, 0.05) is 32.3 Å². The van der Waals surface area contributed by atoms with E-state index in [0.29, 0.717) is 0 Å². The third kappa shape index (κ3) is 4.25. The number of benzene rings is 9. The van der Waals surface area contributed by atoms with Crippen molar-refractivity contribution in [2.24, 2.45) is 0 Å². The first-order valence-electron chi connectivity index (χ1n) is 17.9. The van der Waals surface area contributed by atoms with Crippen LogP contribution in [0.3, 0.4) is 0 Å². The second-order valence-electron chi connectivity index (χ2n) is 13.7. The maximum atomic E-state index is 2.50. The molecule has 0 aliphatic rings.